The van der Waals surface area contributed by atoms with Gasteiger partial charge in [-0.3, -0.25) is 24.0 Å². The van der Waals surface area contributed by atoms with Gasteiger partial charge in [0, 0.05) is 46.1 Å². The molecule has 13 atom stereocenters. The van der Waals surface area contributed by atoms with E-state index in [1.807, 2.05) is 0 Å². The van der Waals surface area contributed by atoms with Gasteiger partial charge in [-0.15, -0.1) is 0 Å². The highest BCUT2D eigenvalue weighted by Gasteiger charge is 2.89. The summed E-state index contributed by atoms with van der Waals surface area (Å²) in [6, 6.07) is 0. The van der Waals surface area contributed by atoms with E-state index in [0.29, 0.717) is 6.42 Å². The van der Waals surface area contributed by atoms with Gasteiger partial charge in [0.05, 0.1) is 5.92 Å². The predicted octanol–water partition coefficient (Wildman–Crippen LogP) is 3.59. The second kappa shape index (κ2) is 11.8. The maximum absolute atomic E-state index is 14.0. The van der Waals surface area contributed by atoms with Gasteiger partial charge in [-0.1, -0.05) is 26.8 Å². The summed E-state index contributed by atoms with van der Waals surface area (Å²) in [5.41, 5.74) is -5.12. The van der Waals surface area contributed by atoms with E-state index in [1.54, 1.807) is 33.8 Å². The monoisotopic (exact) mass is 676 g/mol. The Morgan fingerprint density at radius 3 is 1.85 bits per heavy atom. The van der Waals surface area contributed by atoms with Crippen molar-refractivity contribution in [3.05, 3.63) is 11.6 Å². The van der Waals surface area contributed by atoms with E-state index in [9.17, 15) is 28.8 Å². The zero-order chi connectivity index (χ0) is 35.9. The summed E-state index contributed by atoms with van der Waals surface area (Å²) < 4.78 is 44.1. The van der Waals surface area contributed by atoms with Gasteiger partial charge in [-0.25, -0.2) is 4.79 Å². The maximum Gasteiger partial charge on any atom is 0.333 e. The van der Waals surface area contributed by atoms with Crippen LogP contribution in [0.25, 0.3) is 0 Å². The highest BCUT2D eigenvalue weighted by Crippen LogP contribution is 2.80. The third-order valence-corrected chi connectivity index (χ3v) is 11.8. The molecule has 5 fully saturated rings. The summed E-state index contributed by atoms with van der Waals surface area (Å²) in [5, 5.41) is 0. The average Bonchev–Trinajstić information content (AvgIpc) is 3.24. The fourth-order valence-electron chi connectivity index (χ4n) is 10.3. The van der Waals surface area contributed by atoms with Crippen LogP contribution in [0.15, 0.2) is 11.6 Å². The zero-order valence-electron chi connectivity index (χ0n) is 29.6. The third-order valence-electron chi connectivity index (χ3n) is 11.8. The Morgan fingerprint density at radius 1 is 0.750 bits per heavy atom. The van der Waals surface area contributed by atoms with Gasteiger partial charge in [-0.05, 0) is 56.8 Å². The van der Waals surface area contributed by atoms with Gasteiger partial charge in [0.15, 0.2) is 11.7 Å². The maximum atomic E-state index is 14.0. The van der Waals surface area contributed by atoms with Crippen LogP contribution in [0.1, 0.15) is 89.0 Å². The van der Waals surface area contributed by atoms with E-state index in [-0.39, 0.29) is 29.2 Å². The van der Waals surface area contributed by atoms with Crippen LogP contribution in [0.2, 0.25) is 0 Å². The van der Waals surface area contributed by atoms with Gasteiger partial charge in [0.25, 0.3) is 0 Å². The van der Waals surface area contributed by atoms with Crippen LogP contribution in [0.3, 0.4) is 0 Å². The van der Waals surface area contributed by atoms with Crippen molar-refractivity contribution >= 4 is 35.8 Å². The Labute approximate surface area is 280 Å². The molecule has 0 radical (unpaired) electrons. The molecule has 13 nitrogen and oxygen atoms in total. The summed E-state index contributed by atoms with van der Waals surface area (Å²) in [6.45, 7) is 17.0. The molecule has 13 heteroatoms. The van der Waals surface area contributed by atoms with Gasteiger partial charge in [0.1, 0.15) is 29.3 Å². The first-order valence-electron chi connectivity index (χ1n) is 16.6. The van der Waals surface area contributed by atoms with Crippen LogP contribution in [0.4, 0.5) is 0 Å². The van der Waals surface area contributed by atoms with Crippen LogP contribution >= 0.6 is 0 Å². The molecule has 2 bridgehead atoms. The van der Waals surface area contributed by atoms with E-state index >= 15 is 0 Å². The second-order valence-electron chi connectivity index (χ2n) is 15.1. The van der Waals surface area contributed by atoms with E-state index in [2.05, 4.69) is 13.8 Å². The fourth-order valence-corrected chi connectivity index (χ4v) is 10.3. The van der Waals surface area contributed by atoms with Crippen LogP contribution < -0.4 is 0 Å². The molecule has 1 aliphatic heterocycles. The van der Waals surface area contributed by atoms with Crippen LogP contribution in [0, 0.1) is 40.4 Å². The largest absolute Gasteiger partial charge is 0.462 e. The Balaban J connectivity index is 1.96. The van der Waals surface area contributed by atoms with Crippen LogP contribution in [0.5, 0.6) is 0 Å². The number of carbonyl (C=O) groups is 6. The molecule has 1 saturated heterocycles. The third kappa shape index (κ3) is 5.13. The quantitative estimate of drug-likeness (QED) is 0.218. The highest BCUT2D eigenvalue weighted by molar-refractivity contribution is 5.88. The van der Waals surface area contributed by atoms with Crippen molar-refractivity contribution in [2.24, 2.45) is 40.4 Å². The Hall–Kier alpha value is -3.48. The lowest BCUT2D eigenvalue weighted by Crippen LogP contribution is -2.66. The van der Waals surface area contributed by atoms with Crippen molar-refractivity contribution in [3.8, 4) is 0 Å². The van der Waals surface area contributed by atoms with Gasteiger partial charge < -0.3 is 33.2 Å². The molecular formula is C35H48O13. The van der Waals surface area contributed by atoms with Crippen molar-refractivity contribution in [2.45, 2.75) is 131 Å². The molecule has 0 N–H and O–H groups in total. The van der Waals surface area contributed by atoms with Gasteiger partial charge >= 0.3 is 35.8 Å². The molecule has 0 aromatic rings. The number of ether oxygens (including phenoxy) is 7. The van der Waals surface area contributed by atoms with Crippen LogP contribution in [-0.2, 0) is 61.9 Å². The summed E-state index contributed by atoms with van der Waals surface area (Å²) in [7, 11) is 0. The SMILES string of the molecule is C/C=C(\C)C(=O)O[C@@H]1[C@H]2[C@@H](OC(C)=O)[C@@H](C)C[C@]2(OC(C)=O)[C@H](OC(C)=O)[C@]2(C)O[C@H](OC(C)=O)[C@]13[C@@H](OC(C)=O)C[C@H]1[C@@H]([C@@H]23)C1(C)C. The predicted molar refractivity (Wildman–Crippen MR) is 164 cm³/mol. The number of esters is 6. The van der Waals surface area contributed by atoms with E-state index < -0.39 is 101 Å². The van der Waals surface area contributed by atoms with E-state index in [0.717, 1.165) is 0 Å². The van der Waals surface area contributed by atoms with Crippen molar-refractivity contribution < 1.29 is 61.9 Å². The first-order valence-corrected chi connectivity index (χ1v) is 16.6. The van der Waals surface area contributed by atoms with Crippen molar-refractivity contribution in [3.63, 3.8) is 0 Å². The Morgan fingerprint density at radius 2 is 1.33 bits per heavy atom. The fraction of sp³-hybridized carbons (Fsp3) is 0.771. The first-order chi connectivity index (χ1) is 22.2. The van der Waals surface area contributed by atoms with Crippen molar-refractivity contribution in [1.82, 2.24) is 0 Å². The number of rotatable bonds is 7. The molecule has 0 spiro atoms. The van der Waals surface area contributed by atoms with E-state index in [4.69, 9.17) is 33.2 Å². The highest BCUT2D eigenvalue weighted by atomic mass is 16.7. The number of hydrogen-bond donors (Lipinski definition) is 0. The molecule has 266 valence electrons. The summed E-state index contributed by atoms with van der Waals surface area (Å²) in [5.74, 6) is -6.85. The topological polar surface area (TPSA) is 167 Å². The Kier molecular flexibility index (Phi) is 8.83. The molecule has 0 unspecified atom stereocenters. The zero-order valence-corrected chi connectivity index (χ0v) is 29.6. The number of fused-ring (bicyclic) bond motifs is 2. The van der Waals surface area contributed by atoms with Crippen molar-refractivity contribution in [1.29, 1.82) is 0 Å². The molecule has 4 saturated carbocycles. The Bertz CT molecular complexity index is 1450. The molecule has 5 rings (SSSR count). The van der Waals surface area contributed by atoms with Gasteiger partial charge in [-0.2, -0.15) is 0 Å². The molecule has 0 aromatic carbocycles. The van der Waals surface area contributed by atoms with Crippen molar-refractivity contribution in [2.75, 3.05) is 0 Å². The lowest BCUT2D eigenvalue weighted by Gasteiger charge is -2.52. The standard InChI is InChI=1S/C35H48O13/c1-12-15(2)29(41)46-28-25-26(43-18(5)37)16(3)14-34(25,47-21(8)40)30(44-19(6)38)33(11)27-24-22(32(24,9)10)13-23(42-17(4)36)35(27,28)31(48-33)45-20(7)39/h12,16,22-28,30-31H,13-14H2,1-11H3/b15-12+/t16-,22-,23-,24-,25+,26-,27-,28+,30+,31-,33+,34+,35-/m0/s1. The minimum absolute atomic E-state index is 0.0172. The molecule has 0 amide bonds. The molecule has 0 aromatic heterocycles. The average molecular weight is 677 g/mol. The number of allylic oxidation sites excluding steroid dienone is 1. The normalized spacial score (nSPS) is 43.3. The summed E-state index contributed by atoms with van der Waals surface area (Å²) in [6.07, 6.45) is -4.49. The first kappa shape index (κ1) is 35.8. The molecule has 1 heterocycles. The molecule has 4 aliphatic carbocycles. The summed E-state index contributed by atoms with van der Waals surface area (Å²) in [4.78, 5) is 78.8. The lowest BCUT2D eigenvalue weighted by atomic mass is 9.56. The second-order valence-corrected chi connectivity index (χ2v) is 15.1. The minimum Gasteiger partial charge on any atom is -0.462 e. The lowest BCUT2D eigenvalue weighted by molar-refractivity contribution is -0.292. The van der Waals surface area contributed by atoms with Crippen LogP contribution in [-0.4, -0.2) is 77.7 Å². The number of carbonyl (C=O) groups excluding carboxylic acids is 6. The number of hydrogen-bond acceptors (Lipinski definition) is 13. The molecule has 48 heavy (non-hydrogen) atoms. The van der Waals surface area contributed by atoms with Gasteiger partial charge in [0.2, 0.25) is 6.29 Å². The molecule has 5 aliphatic rings. The summed E-state index contributed by atoms with van der Waals surface area (Å²) >= 11 is 0. The molecular weight excluding hydrogens is 628 g/mol. The smallest absolute Gasteiger partial charge is 0.333 e. The van der Waals surface area contributed by atoms with E-state index in [1.165, 1.54) is 34.6 Å². The minimum atomic E-state index is -1.78.